The molecule has 2 unspecified atom stereocenters. The van der Waals surface area contributed by atoms with Crippen LogP contribution in [0.2, 0.25) is 0 Å². The topological polar surface area (TPSA) is 97.7 Å². The molecule has 1 aliphatic heterocycles. The van der Waals surface area contributed by atoms with Gasteiger partial charge in [0.15, 0.2) is 0 Å². The van der Waals surface area contributed by atoms with Crippen molar-refractivity contribution in [1.29, 1.82) is 0 Å². The van der Waals surface area contributed by atoms with Gasteiger partial charge in [-0.05, 0) is 64.9 Å². The van der Waals surface area contributed by atoms with Gasteiger partial charge in [-0.3, -0.25) is 5.01 Å². The molecule has 1 aliphatic rings. The first-order valence-corrected chi connectivity index (χ1v) is 13.3. The van der Waals surface area contributed by atoms with E-state index in [-0.39, 0.29) is 31.1 Å². The Labute approximate surface area is 231 Å². The molecule has 0 saturated heterocycles. The van der Waals surface area contributed by atoms with Crippen molar-refractivity contribution >= 4 is 34.2 Å². The Bertz CT molecular complexity index is 1050. The fourth-order valence-corrected chi connectivity index (χ4v) is 4.75. The number of β-amino-alcohol motifs (C(OH)–C–C–N with tert-alkyl or cyclic N) is 1. The first kappa shape index (κ1) is 28.8. The van der Waals surface area contributed by atoms with Crippen LogP contribution in [-0.2, 0) is 5.41 Å². The number of nitrogens with zero attached hydrogens (tertiary/aromatic N) is 2. The largest absolute Gasteiger partial charge is 0.491 e. The third kappa shape index (κ3) is 6.96. The summed E-state index contributed by atoms with van der Waals surface area (Å²) >= 11 is 7.88. The predicted molar refractivity (Wildman–Crippen MR) is 149 cm³/mol. The van der Waals surface area contributed by atoms with E-state index in [0.29, 0.717) is 18.0 Å². The summed E-state index contributed by atoms with van der Waals surface area (Å²) in [5.74, 6) is 1.52. The van der Waals surface area contributed by atoms with E-state index in [1.807, 2.05) is 50.4 Å². The fourth-order valence-electron chi connectivity index (χ4n) is 3.99. The maximum atomic E-state index is 10.5. The second kappa shape index (κ2) is 12.7. The molecule has 10 heteroatoms. The van der Waals surface area contributed by atoms with E-state index in [9.17, 15) is 15.3 Å². The van der Waals surface area contributed by atoms with Crippen LogP contribution in [0.25, 0.3) is 0 Å². The van der Waals surface area contributed by atoms with E-state index in [4.69, 9.17) is 21.1 Å². The van der Waals surface area contributed by atoms with E-state index < -0.39 is 12.2 Å². The molecule has 36 heavy (non-hydrogen) atoms. The second-order valence-corrected chi connectivity index (χ2v) is 10.8. The lowest BCUT2D eigenvalue weighted by Crippen LogP contribution is -2.45. The van der Waals surface area contributed by atoms with Gasteiger partial charge in [-0.15, -0.1) is 16.7 Å². The predicted octanol–water partition coefficient (Wildman–Crippen LogP) is 3.23. The lowest BCUT2D eigenvalue weighted by molar-refractivity contribution is -0.0279. The Hall–Kier alpha value is -1.76. The van der Waals surface area contributed by atoms with Crippen molar-refractivity contribution in [2.45, 2.75) is 38.4 Å². The first-order valence-electron chi connectivity index (χ1n) is 11.7. The maximum Gasteiger partial charge on any atom is 0.132 e. The second-order valence-electron chi connectivity index (χ2n) is 9.33. The minimum Gasteiger partial charge on any atom is -0.491 e. The van der Waals surface area contributed by atoms with E-state index in [1.54, 1.807) is 10.1 Å². The van der Waals surface area contributed by atoms with Crippen LogP contribution in [0.3, 0.4) is 0 Å². The Kier molecular flexibility index (Phi) is 10.1. The minimum absolute atomic E-state index is 0.111. The number of rotatable bonds is 12. The summed E-state index contributed by atoms with van der Waals surface area (Å²) in [6.45, 7) is 6.66. The molecule has 0 amide bonds. The SMILES string of the molecule is CC1=C(CO)N(CC(O)COc2ccc(C(C)(C)c3ccc(OCC(O)CCl)c(I)c3)cc2)N(C)N1. The van der Waals surface area contributed by atoms with Gasteiger partial charge in [-0.1, -0.05) is 32.0 Å². The number of hydrazine groups is 2. The highest BCUT2D eigenvalue weighted by molar-refractivity contribution is 14.1. The summed E-state index contributed by atoms with van der Waals surface area (Å²) in [5.41, 5.74) is 6.68. The van der Waals surface area contributed by atoms with Crippen LogP contribution in [0.15, 0.2) is 53.9 Å². The number of nitrogens with one attached hydrogen (secondary N) is 1. The number of aliphatic hydroxyl groups excluding tert-OH is 3. The van der Waals surface area contributed by atoms with Crippen molar-refractivity contribution in [2.75, 3.05) is 39.3 Å². The zero-order chi connectivity index (χ0) is 26.5. The molecule has 0 spiro atoms. The maximum absolute atomic E-state index is 10.5. The van der Waals surface area contributed by atoms with E-state index in [2.05, 4.69) is 47.9 Å². The van der Waals surface area contributed by atoms with Crippen molar-refractivity contribution < 1.29 is 24.8 Å². The Morgan fingerprint density at radius 1 is 1.03 bits per heavy atom. The molecule has 1 heterocycles. The van der Waals surface area contributed by atoms with Gasteiger partial charge >= 0.3 is 0 Å². The molecule has 0 aromatic heterocycles. The molecule has 0 bridgehead atoms. The molecular formula is C26H35ClIN3O5. The van der Waals surface area contributed by atoms with E-state index >= 15 is 0 Å². The highest BCUT2D eigenvalue weighted by Gasteiger charge is 2.27. The molecule has 8 nitrogen and oxygen atoms in total. The zero-order valence-corrected chi connectivity index (χ0v) is 24.0. The van der Waals surface area contributed by atoms with E-state index in [0.717, 1.165) is 26.1 Å². The molecule has 198 valence electrons. The smallest absolute Gasteiger partial charge is 0.132 e. The lowest BCUT2D eigenvalue weighted by atomic mass is 9.78. The third-order valence-corrected chi connectivity index (χ3v) is 7.45. The Balaban J connectivity index is 1.60. The average Bonchev–Trinajstić information content (AvgIpc) is 3.13. The average molecular weight is 632 g/mol. The van der Waals surface area contributed by atoms with Crippen LogP contribution in [-0.4, -0.2) is 76.9 Å². The molecule has 0 saturated carbocycles. The molecular weight excluding hydrogens is 597 g/mol. The highest BCUT2D eigenvalue weighted by atomic mass is 127. The van der Waals surface area contributed by atoms with Crippen LogP contribution >= 0.6 is 34.2 Å². The van der Waals surface area contributed by atoms with Crippen LogP contribution in [0.5, 0.6) is 11.5 Å². The van der Waals surface area contributed by atoms with Crippen LogP contribution in [0.1, 0.15) is 31.9 Å². The monoisotopic (exact) mass is 631 g/mol. The number of halogens is 2. The molecule has 4 N–H and O–H groups in total. The molecule has 2 aromatic carbocycles. The summed E-state index contributed by atoms with van der Waals surface area (Å²) < 4.78 is 12.5. The van der Waals surface area contributed by atoms with Gasteiger partial charge in [0, 0.05) is 18.2 Å². The van der Waals surface area contributed by atoms with Gasteiger partial charge in [0.05, 0.1) is 28.3 Å². The number of hydrogen-bond acceptors (Lipinski definition) is 8. The van der Waals surface area contributed by atoms with Gasteiger partial charge in [0.1, 0.15) is 36.9 Å². The molecule has 2 atom stereocenters. The van der Waals surface area contributed by atoms with Crippen LogP contribution in [0, 0.1) is 3.57 Å². The van der Waals surface area contributed by atoms with Crippen molar-refractivity contribution in [3.63, 3.8) is 0 Å². The standard InChI is InChI=1S/C26H35ClIN3O5/c1-17-24(14-32)31(30(4)29-17)13-21(34)16-35-22-8-5-18(6-9-22)26(2,3)19-7-10-25(23(28)11-19)36-15-20(33)12-27/h5-11,20-21,29,32-34H,12-16H2,1-4H3. The van der Waals surface area contributed by atoms with Gasteiger partial charge < -0.3 is 30.2 Å². The molecule has 3 rings (SSSR count). The number of aliphatic hydroxyl groups is 3. The van der Waals surface area contributed by atoms with Crippen molar-refractivity contribution in [2.24, 2.45) is 0 Å². The lowest BCUT2D eigenvalue weighted by Gasteiger charge is -2.29. The number of benzene rings is 2. The summed E-state index contributed by atoms with van der Waals surface area (Å²) in [5, 5.41) is 33.3. The quantitative estimate of drug-likeness (QED) is 0.210. The van der Waals surface area contributed by atoms with Gasteiger partial charge in [0.25, 0.3) is 0 Å². The van der Waals surface area contributed by atoms with Crippen LogP contribution < -0.4 is 14.9 Å². The summed E-state index contributed by atoms with van der Waals surface area (Å²) in [7, 11) is 1.83. The fraction of sp³-hybridized carbons (Fsp3) is 0.462. The molecule has 0 aliphatic carbocycles. The highest BCUT2D eigenvalue weighted by Crippen LogP contribution is 2.35. The number of ether oxygens (including phenoxy) is 2. The van der Waals surface area contributed by atoms with E-state index in [1.165, 1.54) is 0 Å². The van der Waals surface area contributed by atoms with Gasteiger partial charge in [-0.25, -0.2) is 0 Å². The number of allylic oxidation sites excluding steroid dienone is 1. The number of hydrogen-bond donors (Lipinski definition) is 4. The third-order valence-electron chi connectivity index (χ3n) is 6.25. The van der Waals surface area contributed by atoms with Crippen LogP contribution in [0.4, 0.5) is 0 Å². The van der Waals surface area contributed by atoms with Crippen molar-refractivity contribution in [3.8, 4) is 11.5 Å². The van der Waals surface area contributed by atoms with Crippen molar-refractivity contribution in [3.05, 3.63) is 68.6 Å². The zero-order valence-electron chi connectivity index (χ0n) is 21.0. The van der Waals surface area contributed by atoms with Crippen molar-refractivity contribution in [1.82, 2.24) is 15.6 Å². The Morgan fingerprint density at radius 3 is 2.28 bits per heavy atom. The number of alkyl halides is 1. The van der Waals surface area contributed by atoms with Gasteiger partial charge in [0.2, 0.25) is 0 Å². The normalized spacial score (nSPS) is 16.2. The molecule has 0 fully saturated rings. The molecule has 2 aromatic rings. The summed E-state index contributed by atoms with van der Waals surface area (Å²) in [6, 6.07) is 13.9. The summed E-state index contributed by atoms with van der Waals surface area (Å²) in [4.78, 5) is 0. The first-order chi connectivity index (χ1) is 17.1. The molecule has 0 radical (unpaired) electrons. The van der Waals surface area contributed by atoms with Gasteiger partial charge in [-0.2, -0.15) is 0 Å². The Morgan fingerprint density at radius 2 is 1.67 bits per heavy atom. The minimum atomic E-state index is -0.744. The summed E-state index contributed by atoms with van der Waals surface area (Å²) in [6.07, 6.45) is -1.44.